The smallest absolute Gasteiger partial charge is 0.164 e. The first-order valence-electron chi connectivity index (χ1n) is 18.9. The average molecular weight is 871 g/mol. The van der Waals surface area contributed by atoms with Crippen LogP contribution in [-0.2, 0) is 43.2 Å². The Morgan fingerprint density at radius 1 is 0.750 bits per heavy atom. The van der Waals surface area contributed by atoms with Gasteiger partial charge < -0.3 is 5.11 Å². The summed E-state index contributed by atoms with van der Waals surface area (Å²) in [6.45, 7) is 18.9. The number of aliphatic hydroxyl groups excluding tert-OH is 1. The van der Waals surface area contributed by atoms with Crippen molar-refractivity contribution in [2.45, 2.75) is 106 Å². The zero-order valence-corrected chi connectivity index (χ0v) is 35.0. The molecule has 4 aromatic carbocycles. The standard InChI is InChI=1S/C33H28N.C15H28O2.Ir/c1-33(2,3)31-21-26(20-24-11-7-8-12-28(24)31)32-30-16-14-25-19-23(22-9-5-4-6-10-22)13-15-27(25)29(30)17-18-34-32;1-7-14(5,8-2)12(16)11-13(17)15(6,9-3)10-4;/h4-13,15,17-19,21H,14,16H2,1-3H3;11,16H,7-10H2,1-6H3;/q-1;;/b;12-11-;. The second-order valence-electron chi connectivity index (χ2n) is 15.7. The Balaban J connectivity index is 0.000000289. The van der Waals surface area contributed by atoms with Crippen molar-refractivity contribution in [2.24, 2.45) is 10.8 Å². The molecule has 1 radical (unpaired) electrons. The quantitative estimate of drug-likeness (QED) is 0.0912. The third-order valence-corrected chi connectivity index (χ3v) is 11.6. The van der Waals surface area contributed by atoms with Crippen LogP contribution in [0.2, 0.25) is 0 Å². The molecule has 0 fully saturated rings. The van der Waals surface area contributed by atoms with Gasteiger partial charge in [-0.15, -0.1) is 29.1 Å². The summed E-state index contributed by atoms with van der Waals surface area (Å²) in [7, 11) is 0. The van der Waals surface area contributed by atoms with E-state index >= 15 is 0 Å². The molecule has 1 N–H and O–H groups in total. The van der Waals surface area contributed by atoms with Crippen LogP contribution in [0.1, 0.15) is 105 Å². The molecule has 0 atom stereocenters. The summed E-state index contributed by atoms with van der Waals surface area (Å²) in [5, 5.41) is 12.6. The SMILES string of the molecule is CC(C)(C)c1cc(-c2nccc3c2CCc2cc(-c4ccccc4)ccc2-3)[c-]c2ccccc12.CCC(C)(CC)C(=O)/C=C(\O)C(C)(CC)CC.[Ir]. The molecular formula is C48H56IrNO2-. The first-order chi connectivity index (χ1) is 24.3. The Hall–Kier alpha value is -3.85. The molecule has 1 aromatic heterocycles. The number of aryl methyl sites for hydroxylation is 1. The van der Waals surface area contributed by atoms with E-state index in [1.807, 2.05) is 47.7 Å². The topological polar surface area (TPSA) is 50.2 Å². The average Bonchev–Trinajstić information content (AvgIpc) is 3.16. The number of benzene rings is 4. The number of nitrogens with zero attached hydrogens (tertiary/aromatic N) is 1. The Bertz CT molecular complexity index is 2030. The molecule has 0 bridgehead atoms. The Kier molecular flexibility index (Phi) is 13.3. The third-order valence-electron chi connectivity index (χ3n) is 11.6. The molecule has 0 aliphatic heterocycles. The fourth-order valence-electron chi connectivity index (χ4n) is 7.02. The van der Waals surface area contributed by atoms with Crippen LogP contribution in [0, 0.1) is 16.9 Å². The van der Waals surface area contributed by atoms with Crippen LogP contribution in [0.3, 0.4) is 0 Å². The van der Waals surface area contributed by atoms with Gasteiger partial charge in [-0.05, 0) is 83.4 Å². The molecule has 5 aromatic rings. The molecule has 0 amide bonds. The second-order valence-corrected chi connectivity index (χ2v) is 15.7. The van der Waals surface area contributed by atoms with Gasteiger partial charge in [0, 0.05) is 48.9 Å². The fourth-order valence-corrected chi connectivity index (χ4v) is 7.02. The van der Waals surface area contributed by atoms with Crippen LogP contribution in [-0.4, -0.2) is 15.9 Å². The van der Waals surface area contributed by atoms with E-state index < -0.39 is 0 Å². The van der Waals surface area contributed by atoms with Crippen LogP contribution in [0.4, 0.5) is 0 Å². The number of ketones is 1. The maximum absolute atomic E-state index is 12.2. The molecule has 1 aliphatic carbocycles. The number of rotatable bonds is 9. The number of aliphatic hydroxyl groups is 1. The van der Waals surface area contributed by atoms with Gasteiger partial charge in [0.2, 0.25) is 0 Å². The summed E-state index contributed by atoms with van der Waals surface area (Å²) in [6.07, 6.45) is 8.75. The van der Waals surface area contributed by atoms with E-state index in [0.717, 1.165) is 55.2 Å². The van der Waals surface area contributed by atoms with E-state index in [9.17, 15) is 9.90 Å². The molecule has 1 heterocycles. The van der Waals surface area contributed by atoms with Crippen molar-refractivity contribution in [1.29, 1.82) is 0 Å². The number of aromatic nitrogens is 1. The zero-order valence-electron chi connectivity index (χ0n) is 32.6. The maximum atomic E-state index is 12.2. The molecule has 0 saturated carbocycles. The molecule has 52 heavy (non-hydrogen) atoms. The minimum Gasteiger partial charge on any atom is -0.512 e. The number of allylic oxidation sites excluding steroid dienone is 2. The van der Waals surface area contributed by atoms with Crippen LogP contribution in [0.15, 0.2) is 103 Å². The monoisotopic (exact) mass is 871 g/mol. The van der Waals surface area contributed by atoms with Gasteiger partial charge in [0.15, 0.2) is 5.78 Å². The number of carbonyl (C=O) groups excluding carboxylic acids is 1. The molecule has 275 valence electrons. The van der Waals surface area contributed by atoms with Gasteiger partial charge in [0.1, 0.15) is 5.76 Å². The molecule has 0 unspecified atom stereocenters. The Labute approximate surface area is 326 Å². The summed E-state index contributed by atoms with van der Waals surface area (Å²) in [5.74, 6) is 0.286. The maximum Gasteiger partial charge on any atom is 0.164 e. The predicted octanol–water partition coefficient (Wildman–Crippen LogP) is 13.1. The van der Waals surface area contributed by atoms with Gasteiger partial charge in [-0.2, -0.15) is 0 Å². The molecule has 3 nitrogen and oxygen atoms in total. The molecule has 4 heteroatoms. The summed E-state index contributed by atoms with van der Waals surface area (Å²) < 4.78 is 0. The van der Waals surface area contributed by atoms with Crippen molar-refractivity contribution < 1.29 is 30.0 Å². The van der Waals surface area contributed by atoms with Gasteiger partial charge in [-0.3, -0.25) is 9.78 Å². The van der Waals surface area contributed by atoms with Gasteiger partial charge in [0.05, 0.1) is 0 Å². The van der Waals surface area contributed by atoms with Gasteiger partial charge in [-0.1, -0.05) is 140 Å². The van der Waals surface area contributed by atoms with E-state index in [4.69, 9.17) is 4.98 Å². The van der Waals surface area contributed by atoms with Gasteiger partial charge in [-0.25, -0.2) is 0 Å². The van der Waals surface area contributed by atoms with Crippen molar-refractivity contribution in [3.05, 3.63) is 126 Å². The normalized spacial score (nSPS) is 13.0. The summed E-state index contributed by atoms with van der Waals surface area (Å²) in [6, 6.07) is 34.4. The van der Waals surface area contributed by atoms with Gasteiger partial charge >= 0.3 is 0 Å². The van der Waals surface area contributed by atoms with Crippen LogP contribution >= 0.6 is 0 Å². The van der Waals surface area contributed by atoms with Crippen molar-refractivity contribution in [3.8, 4) is 33.5 Å². The van der Waals surface area contributed by atoms with E-state index in [0.29, 0.717) is 0 Å². The number of carbonyl (C=O) groups is 1. The first-order valence-corrected chi connectivity index (χ1v) is 18.9. The minimum absolute atomic E-state index is 0. The number of hydrogen-bond donors (Lipinski definition) is 1. The van der Waals surface area contributed by atoms with Crippen molar-refractivity contribution in [2.75, 3.05) is 0 Å². The number of pyridine rings is 1. The number of hydrogen-bond acceptors (Lipinski definition) is 3. The van der Waals surface area contributed by atoms with Crippen molar-refractivity contribution in [3.63, 3.8) is 0 Å². The minimum atomic E-state index is -0.337. The summed E-state index contributed by atoms with van der Waals surface area (Å²) >= 11 is 0. The first kappa shape index (κ1) is 40.9. The number of fused-ring (bicyclic) bond motifs is 4. The Morgan fingerprint density at radius 2 is 1.38 bits per heavy atom. The van der Waals surface area contributed by atoms with Crippen molar-refractivity contribution >= 4 is 16.6 Å². The molecular weight excluding hydrogens is 815 g/mol. The molecule has 1 aliphatic rings. The van der Waals surface area contributed by atoms with E-state index in [1.165, 1.54) is 50.4 Å². The predicted molar refractivity (Wildman–Crippen MR) is 216 cm³/mol. The zero-order chi connectivity index (χ0) is 37.0. The summed E-state index contributed by atoms with van der Waals surface area (Å²) in [4.78, 5) is 17.1. The molecule has 6 rings (SSSR count). The molecule has 0 saturated heterocycles. The third kappa shape index (κ3) is 8.51. The largest absolute Gasteiger partial charge is 0.512 e. The summed E-state index contributed by atoms with van der Waals surface area (Å²) in [5.41, 5.74) is 10.9. The van der Waals surface area contributed by atoms with E-state index in [2.05, 4.69) is 112 Å². The van der Waals surface area contributed by atoms with E-state index in [-0.39, 0.29) is 47.9 Å². The molecule has 0 spiro atoms. The van der Waals surface area contributed by atoms with E-state index in [1.54, 1.807) is 0 Å². The van der Waals surface area contributed by atoms with Crippen molar-refractivity contribution in [1.82, 2.24) is 4.98 Å². The van der Waals surface area contributed by atoms with Gasteiger partial charge in [0.25, 0.3) is 0 Å². The van der Waals surface area contributed by atoms with Crippen LogP contribution in [0.25, 0.3) is 44.3 Å². The fraction of sp³-hybridized carbons (Fsp3) is 0.375. The Morgan fingerprint density at radius 3 is 2.02 bits per heavy atom. The van der Waals surface area contributed by atoms with Crippen LogP contribution < -0.4 is 0 Å². The van der Waals surface area contributed by atoms with Crippen LogP contribution in [0.5, 0.6) is 0 Å². The second kappa shape index (κ2) is 16.9.